The fourth-order valence-corrected chi connectivity index (χ4v) is 2.97. The number of carboxylic acids is 1. The quantitative estimate of drug-likeness (QED) is 0.586. The molecule has 0 radical (unpaired) electrons. The summed E-state index contributed by atoms with van der Waals surface area (Å²) >= 11 is 0. The number of pyridine rings is 1. The molecule has 10 heteroatoms. The van der Waals surface area contributed by atoms with Gasteiger partial charge in [-0.05, 0) is 6.42 Å². The van der Waals surface area contributed by atoms with Crippen molar-refractivity contribution < 1.29 is 23.8 Å². The van der Waals surface area contributed by atoms with Gasteiger partial charge in [0.25, 0.3) is 0 Å². The minimum Gasteiger partial charge on any atom is -0.481 e. The molecule has 0 amide bonds. The van der Waals surface area contributed by atoms with Gasteiger partial charge in [0.2, 0.25) is 11.8 Å². The second-order valence-electron chi connectivity index (χ2n) is 6.02. The number of aromatic nitrogens is 3. The van der Waals surface area contributed by atoms with Gasteiger partial charge in [0, 0.05) is 49.8 Å². The summed E-state index contributed by atoms with van der Waals surface area (Å²) in [5.41, 5.74) is 0.239. The summed E-state index contributed by atoms with van der Waals surface area (Å²) in [7, 11) is 3.05. The number of ether oxygens (including phenoxy) is 2. The van der Waals surface area contributed by atoms with Crippen LogP contribution in [0.2, 0.25) is 0 Å². The second-order valence-corrected chi connectivity index (χ2v) is 6.02. The predicted octanol–water partition coefficient (Wildman–Crippen LogP) is 2.15. The molecule has 2 aromatic heterocycles. The van der Waals surface area contributed by atoms with Gasteiger partial charge in [0.05, 0.1) is 19.8 Å². The van der Waals surface area contributed by atoms with Crippen LogP contribution in [0.15, 0.2) is 23.3 Å². The number of nitrogens with zero attached hydrogens (tertiary/aromatic N) is 4. The van der Waals surface area contributed by atoms with Crippen LogP contribution in [0.4, 0.5) is 15.9 Å². The summed E-state index contributed by atoms with van der Waals surface area (Å²) in [6.45, 7) is 1.01. The van der Waals surface area contributed by atoms with Crippen LogP contribution in [0.3, 0.4) is 0 Å². The Balaban J connectivity index is 1.94. The van der Waals surface area contributed by atoms with Crippen LogP contribution in [0, 0.1) is 11.9 Å². The van der Waals surface area contributed by atoms with E-state index in [9.17, 15) is 14.3 Å². The molecule has 144 valence electrons. The molecular weight excluding hydrogens is 357 g/mol. The van der Waals surface area contributed by atoms with Gasteiger partial charge in [-0.2, -0.15) is 14.5 Å². The van der Waals surface area contributed by atoms with Crippen molar-refractivity contribution in [3.05, 3.63) is 29.8 Å². The Morgan fingerprint density at radius 2 is 2.37 bits per heavy atom. The third-order valence-electron chi connectivity index (χ3n) is 4.26. The molecule has 1 fully saturated rings. The molecule has 1 aliphatic heterocycles. The van der Waals surface area contributed by atoms with Gasteiger partial charge in [0.1, 0.15) is 5.56 Å². The number of hydrogen-bond acceptors (Lipinski definition) is 7. The predicted molar refractivity (Wildman–Crippen MR) is 95.6 cm³/mol. The van der Waals surface area contributed by atoms with E-state index in [2.05, 4.69) is 20.4 Å². The summed E-state index contributed by atoms with van der Waals surface area (Å²) in [6, 6.07) is 2.40. The summed E-state index contributed by atoms with van der Waals surface area (Å²) in [4.78, 5) is 19.3. The monoisotopic (exact) mass is 377 g/mol. The van der Waals surface area contributed by atoms with E-state index in [1.807, 2.05) is 6.21 Å². The van der Waals surface area contributed by atoms with Gasteiger partial charge in [-0.15, -0.1) is 0 Å². The van der Waals surface area contributed by atoms with Crippen LogP contribution < -0.4 is 10.1 Å². The zero-order valence-electron chi connectivity index (χ0n) is 14.9. The van der Waals surface area contributed by atoms with Crippen molar-refractivity contribution in [2.45, 2.75) is 12.5 Å². The highest BCUT2D eigenvalue weighted by Gasteiger charge is 2.29. The van der Waals surface area contributed by atoms with Crippen LogP contribution in [0.5, 0.6) is 5.88 Å². The van der Waals surface area contributed by atoms with E-state index in [-0.39, 0.29) is 34.9 Å². The van der Waals surface area contributed by atoms with Crippen molar-refractivity contribution in [1.82, 2.24) is 14.8 Å². The first-order valence-corrected chi connectivity index (χ1v) is 8.33. The van der Waals surface area contributed by atoms with E-state index in [1.165, 1.54) is 19.4 Å². The zero-order chi connectivity index (χ0) is 19.4. The van der Waals surface area contributed by atoms with E-state index >= 15 is 0 Å². The van der Waals surface area contributed by atoms with Crippen molar-refractivity contribution in [1.29, 1.82) is 0 Å². The molecule has 2 N–H and O–H groups in total. The number of aliphatic imine (C=N–C) groups is 1. The molecule has 2 atom stereocenters. The number of carboxylic acid groups (broad SMARTS) is 1. The highest BCUT2D eigenvalue weighted by molar-refractivity contribution is 5.93. The molecule has 0 spiro atoms. The van der Waals surface area contributed by atoms with E-state index in [4.69, 9.17) is 9.47 Å². The lowest BCUT2D eigenvalue weighted by Gasteiger charge is -2.29. The van der Waals surface area contributed by atoms with E-state index in [0.717, 1.165) is 12.5 Å². The van der Waals surface area contributed by atoms with E-state index in [0.29, 0.717) is 13.2 Å². The van der Waals surface area contributed by atoms with Crippen molar-refractivity contribution in [3.8, 4) is 5.88 Å². The largest absolute Gasteiger partial charge is 0.481 e. The lowest BCUT2D eigenvalue weighted by atomic mass is 9.96. The second kappa shape index (κ2) is 8.12. The van der Waals surface area contributed by atoms with Crippen molar-refractivity contribution in [2.24, 2.45) is 10.9 Å². The van der Waals surface area contributed by atoms with Gasteiger partial charge < -0.3 is 24.9 Å². The molecule has 0 aromatic carbocycles. The van der Waals surface area contributed by atoms with E-state index in [1.54, 1.807) is 11.7 Å². The molecule has 0 aliphatic carbocycles. The minimum absolute atomic E-state index is 0.0380. The molecule has 9 nitrogen and oxygen atoms in total. The average molecular weight is 377 g/mol. The number of carbonyl (C=O) groups is 1. The SMILES string of the molecule is CN=C[C@H]1CCOC[C@@H]1n1cc(C(=O)O)c(Nc2cc(F)nc(OC)c2)n1. The van der Waals surface area contributed by atoms with Crippen LogP contribution >= 0.6 is 0 Å². The topological polar surface area (TPSA) is 111 Å². The lowest BCUT2D eigenvalue weighted by Crippen LogP contribution is -2.31. The molecule has 1 saturated heterocycles. The first-order valence-electron chi connectivity index (χ1n) is 8.33. The molecule has 27 heavy (non-hydrogen) atoms. The minimum atomic E-state index is -1.15. The Morgan fingerprint density at radius 1 is 1.56 bits per heavy atom. The average Bonchev–Trinajstić information content (AvgIpc) is 3.05. The Hall–Kier alpha value is -3.01. The highest BCUT2D eigenvalue weighted by Crippen LogP contribution is 2.29. The number of hydrogen-bond donors (Lipinski definition) is 2. The number of methoxy groups -OCH3 is 1. The van der Waals surface area contributed by atoms with Gasteiger partial charge in [-0.1, -0.05) is 0 Å². The summed E-state index contributed by atoms with van der Waals surface area (Å²) < 4.78 is 25.6. The maximum atomic E-state index is 13.6. The molecule has 1 aliphatic rings. The zero-order valence-corrected chi connectivity index (χ0v) is 14.9. The van der Waals surface area contributed by atoms with Gasteiger partial charge >= 0.3 is 5.97 Å². The molecule has 3 heterocycles. The highest BCUT2D eigenvalue weighted by atomic mass is 19.1. The van der Waals surface area contributed by atoms with Gasteiger partial charge in [0.15, 0.2) is 5.82 Å². The number of nitrogens with one attached hydrogen (secondary N) is 1. The molecule has 3 rings (SSSR count). The Labute approximate surface area is 154 Å². The molecule has 0 unspecified atom stereocenters. The summed E-state index contributed by atoms with van der Waals surface area (Å²) in [6.07, 6.45) is 4.03. The van der Waals surface area contributed by atoms with E-state index < -0.39 is 11.9 Å². The standard InChI is InChI=1S/C17H20FN5O4/c1-19-7-10-3-4-27-9-13(10)23-8-12(17(24)25)16(22-23)20-11-5-14(18)21-15(6-11)26-2/h5-8,10,13H,3-4,9H2,1-2H3,(H,24,25)(H,20,21,22)/t10-,13+/m1/s1. The number of halogens is 1. The summed E-state index contributed by atoms with van der Waals surface area (Å²) in [5, 5.41) is 16.7. The van der Waals surface area contributed by atoms with Crippen LogP contribution in [0.25, 0.3) is 0 Å². The number of rotatable bonds is 6. The Bertz CT molecular complexity index is 854. The van der Waals surface area contributed by atoms with Crippen LogP contribution in [0.1, 0.15) is 22.8 Å². The normalized spacial score (nSPS) is 20.0. The molecule has 2 aromatic rings. The van der Waals surface area contributed by atoms with Crippen LogP contribution in [-0.2, 0) is 4.74 Å². The van der Waals surface area contributed by atoms with Crippen molar-refractivity contribution in [3.63, 3.8) is 0 Å². The van der Waals surface area contributed by atoms with Gasteiger partial charge in [-0.3, -0.25) is 4.68 Å². The molecular formula is C17H20FN5O4. The fourth-order valence-electron chi connectivity index (χ4n) is 2.97. The van der Waals surface area contributed by atoms with Crippen molar-refractivity contribution >= 4 is 23.7 Å². The number of anilines is 2. The number of aromatic carboxylic acids is 1. The van der Waals surface area contributed by atoms with Crippen molar-refractivity contribution in [2.75, 3.05) is 32.7 Å². The van der Waals surface area contributed by atoms with Crippen LogP contribution in [-0.4, -0.2) is 59.4 Å². The fraction of sp³-hybridized carbons (Fsp3) is 0.412. The molecule has 0 saturated carbocycles. The lowest BCUT2D eigenvalue weighted by molar-refractivity contribution is 0.0385. The maximum absolute atomic E-state index is 13.6. The molecule has 0 bridgehead atoms. The Kier molecular flexibility index (Phi) is 5.65. The smallest absolute Gasteiger partial charge is 0.341 e. The third-order valence-corrected chi connectivity index (χ3v) is 4.26. The first kappa shape index (κ1) is 18.8. The third kappa shape index (κ3) is 4.22. The summed E-state index contributed by atoms with van der Waals surface area (Å²) in [5.74, 6) is -1.67. The van der Waals surface area contributed by atoms with Gasteiger partial charge in [-0.25, -0.2) is 4.79 Å². The Morgan fingerprint density at radius 3 is 3.07 bits per heavy atom. The first-order chi connectivity index (χ1) is 13.0. The maximum Gasteiger partial charge on any atom is 0.341 e.